The Hall–Kier alpha value is -1.12. The van der Waals surface area contributed by atoms with Crippen LogP contribution in [0.1, 0.15) is 70.5 Å². The van der Waals surface area contributed by atoms with Crippen LogP contribution in [0.2, 0.25) is 0 Å². The van der Waals surface area contributed by atoms with Crippen LogP contribution in [0, 0.1) is 3.70 Å². The number of carbonyl (C=O) groups excluding carboxylic acids is 2. The van der Waals surface area contributed by atoms with E-state index in [0.29, 0.717) is 31.7 Å². The molecule has 3 rings (SSSR count). The number of carbonyl (C=O) groups is 2. The van der Waals surface area contributed by atoms with E-state index in [-0.39, 0.29) is 18.1 Å². The minimum atomic E-state index is -0.418. The summed E-state index contributed by atoms with van der Waals surface area (Å²) in [5.41, 5.74) is 0.721. The van der Waals surface area contributed by atoms with Gasteiger partial charge in [-0.15, -0.1) is 0 Å². The topological polar surface area (TPSA) is 64.4 Å². The van der Waals surface area contributed by atoms with Crippen molar-refractivity contribution in [3.63, 3.8) is 0 Å². The number of ether oxygens (including phenoxy) is 1. The lowest BCUT2D eigenvalue weighted by atomic mass is 9.96. The first-order valence-corrected chi connectivity index (χ1v) is 10.1. The summed E-state index contributed by atoms with van der Waals surface area (Å²) in [7, 11) is 0. The van der Waals surface area contributed by atoms with Crippen LogP contribution < -0.4 is 0 Å². The van der Waals surface area contributed by atoms with Crippen LogP contribution in [0.3, 0.4) is 0 Å². The number of likely N-dealkylation sites (tertiary alicyclic amines) is 1. The highest BCUT2D eigenvalue weighted by molar-refractivity contribution is 14.1. The maximum atomic E-state index is 12.3. The van der Waals surface area contributed by atoms with Gasteiger partial charge < -0.3 is 9.64 Å². The van der Waals surface area contributed by atoms with Crippen molar-refractivity contribution in [2.45, 2.75) is 70.4 Å². The quantitative estimate of drug-likeness (QED) is 0.627. The number of nitrogens with zero attached hydrogens (tertiary/aromatic N) is 3. The molecule has 1 unspecified atom stereocenters. The smallest absolute Gasteiger partial charge is 0.410 e. The Labute approximate surface area is 162 Å². The zero-order chi connectivity index (χ0) is 18.2. The van der Waals surface area contributed by atoms with Gasteiger partial charge in [-0.05, 0) is 55.3 Å². The van der Waals surface area contributed by atoms with Gasteiger partial charge in [0.05, 0.1) is 6.04 Å². The Balaban J connectivity index is 1.61. The number of hydrogen-bond donors (Lipinski definition) is 0. The molecule has 6 nitrogen and oxygen atoms in total. The van der Waals surface area contributed by atoms with Gasteiger partial charge in [-0.1, -0.05) is 13.3 Å². The first-order chi connectivity index (χ1) is 11.8. The number of Topliss-reactive ketones (excluding diaryl/α,β-unsaturated/α-hetero) is 1. The summed E-state index contributed by atoms with van der Waals surface area (Å²) in [5, 5.41) is 4.60. The minimum Gasteiger partial charge on any atom is -0.443 e. The van der Waals surface area contributed by atoms with Crippen molar-refractivity contribution in [1.82, 2.24) is 14.7 Å². The highest BCUT2D eigenvalue weighted by Crippen LogP contribution is 2.35. The van der Waals surface area contributed by atoms with E-state index >= 15 is 0 Å². The van der Waals surface area contributed by atoms with Crippen LogP contribution in [0.15, 0.2) is 6.07 Å². The SMILES string of the molecule is CCCC(C)(C)OC(=O)N1CC(c2cc(I)nn2C2CCC(=O)C2)C1. The summed E-state index contributed by atoms with van der Waals surface area (Å²) in [5.74, 6) is 0.590. The van der Waals surface area contributed by atoms with Crippen LogP contribution in [-0.2, 0) is 9.53 Å². The Morgan fingerprint density at radius 2 is 2.16 bits per heavy atom. The minimum absolute atomic E-state index is 0.176. The Morgan fingerprint density at radius 3 is 2.76 bits per heavy atom. The molecule has 0 bridgehead atoms. The molecule has 1 amide bonds. The first kappa shape index (κ1) is 18.7. The van der Waals surface area contributed by atoms with E-state index in [2.05, 4.69) is 40.7 Å². The molecule has 7 heteroatoms. The van der Waals surface area contributed by atoms with E-state index in [1.165, 1.54) is 0 Å². The molecule has 1 atom stereocenters. The zero-order valence-corrected chi connectivity index (χ0v) is 17.3. The summed E-state index contributed by atoms with van der Waals surface area (Å²) in [4.78, 5) is 25.7. The second-order valence-corrected chi connectivity index (χ2v) is 8.86. The van der Waals surface area contributed by atoms with E-state index in [4.69, 9.17) is 4.74 Å². The number of aromatic nitrogens is 2. The molecule has 1 saturated heterocycles. The molecular weight excluding hydrogens is 433 g/mol. The van der Waals surface area contributed by atoms with Gasteiger partial charge >= 0.3 is 6.09 Å². The summed E-state index contributed by atoms with van der Waals surface area (Å²) < 4.78 is 8.60. The average Bonchev–Trinajstić information content (AvgIpc) is 3.02. The standard InChI is InChI=1S/C18H26IN3O3/c1-4-7-18(2,3)25-17(24)21-10-12(11-21)15-9-16(19)20-22(15)13-5-6-14(23)8-13/h9,12-13H,4-8,10-11H2,1-3H3. The summed E-state index contributed by atoms with van der Waals surface area (Å²) >= 11 is 2.22. The monoisotopic (exact) mass is 459 g/mol. The van der Waals surface area contributed by atoms with Crippen molar-refractivity contribution in [1.29, 1.82) is 0 Å². The lowest BCUT2D eigenvalue weighted by molar-refractivity contribution is -0.117. The molecule has 2 fully saturated rings. The predicted molar refractivity (Wildman–Crippen MR) is 103 cm³/mol. The molecular formula is C18H26IN3O3. The van der Waals surface area contributed by atoms with Crippen molar-refractivity contribution in [2.75, 3.05) is 13.1 Å². The molecule has 0 radical (unpaired) electrons. The van der Waals surface area contributed by atoms with Crippen LogP contribution in [0.25, 0.3) is 0 Å². The second kappa shape index (κ2) is 7.25. The number of rotatable bonds is 5. The molecule has 1 aromatic rings. The van der Waals surface area contributed by atoms with E-state index in [1.54, 1.807) is 4.90 Å². The third-order valence-corrected chi connectivity index (χ3v) is 5.60. The van der Waals surface area contributed by atoms with Crippen molar-refractivity contribution in [3.8, 4) is 0 Å². The molecule has 138 valence electrons. The molecule has 1 saturated carbocycles. The van der Waals surface area contributed by atoms with Gasteiger partial charge in [-0.2, -0.15) is 5.10 Å². The lowest BCUT2D eigenvalue weighted by Gasteiger charge is -2.40. The summed E-state index contributed by atoms with van der Waals surface area (Å²) in [6, 6.07) is 2.26. The summed E-state index contributed by atoms with van der Waals surface area (Å²) in [6.07, 6.45) is 3.71. The van der Waals surface area contributed by atoms with E-state index in [0.717, 1.165) is 28.7 Å². The molecule has 1 aliphatic heterocycles. The molecule has 1 aliphatic carbocycles. The molecule has 25 heavy (non-hydrogen) atoms. The van der Waals surface area contributed by atoms with Crippen molar-refractivity contribution in [3.05, 3.63) is 15.5 Å². The second-order valence-electron chi connectivity index (χ2n) is 7.75. The van der Waals surface area contributed by atoms with Crippen molar-refractivity contribution < 1.29 is 14.3 Å². The zero-order valence-electron chi connectivity index (χ0n) is 15.1. The fraction of sp³-hybridized carbons (Fsp3) is 0.722. The van der Waals surface area contributed by atoms with Crippen molar-refractivity contribution in [2.24, 2.45) is 0 Å². The van der Waals surface area contributed by atoms with Crippen LogP contribution >= 0.6 is 22.6 Å². The van der Waals surface area contributed by atoms with Gasteiger partial charge in [0.2, 0.25) is 0 Å². The molecule has 0 aromatic carbocycles. The molecule has 1 aromatic heterocycles. The van der Waals surface area contributed by atoms with E-state index < -0.39 is 5.60 Å². The van der Waals surface area contributed by atoms with Gasteiger partial charge in [-0.3, -0.25) is 9.48 Å². The first-order valence-electron chi connectivity index (χ1n) is 9.03. The van der Waals surface area contributed by atoms with Crippen LogP contribution in [-0.4, -0.2) is 45.2 Å². The number of amides is 1. The Kier molecular flexibility index (Phi) is 5.41. The Morgan fingerprint density at radius 1 is 1.44 bits per heavy atom. The Bertz CT molecular complexity index is 665. The lowest BCUT2D eigenvalue weighted by Crippen LogP contribution is -2.51. The average molecular weight is 459 g/mol. The molecule has 2 heterocycles. The molecule has 2 aliphatic rings. The van der Waals surface area contributed by atoms with Crippen LogP contribution in [0.5, 0.6) is 0 Å². The van der Waals surface area contributed by atoms with Gasteiger partial charge in [0.25, 0.3) is 0 Å². The van der Waals surface area contributed by atoms with Gasteiger partial charge in [0, 0.05) is 37.5 Å². The normalized spacial score (nSPS) is 21.5. The number of hydrogen-bond acceptors (Lipinski definition) is 4. The maximum absolute atomic E-state index is 12.3. The van der Waals surface area contributed by atoms with Crippen LogP contribution in [0.4, 0.5) is 4.79 Å². The number of ketones is 1. The van der Waals surface area contributed by atoms with Gasteiger partial charge in [0.1, 0.15) is 15.1 Å². The largest absolute Gasteiger partial charge is 0.443 e. The summed E-state index contributed by atoms with van der Waals surface area (Å²) in [6.45, 7) is 7.32. The van der Waals surface area contributed by atoms with Gasteiger partial charge in [-0.25, -0.2) is 4.79 Å². The molecule has 0 N–H and O–H groups in total. The maximum Gasteiger partial charge on any atom is 0.410 e. The third kappa shape index (κ3) is 4.17. The number of halogens is 1. The van der Waals surface area contributed by atoms with E-state index in [1.807, 2.05) is 18.5 Å². The molecule has 0 spiro atoms. The van der Waals surface area contributed by atoms with Crippen molar-refractivity contribution >= 4 is 34.5 Å². The van der Waals surface area contributed by atoms with Gasteiger partial charge in [0.15, 0.2) is 0 Å². The van der Waals surface area contributed by atoms with E-state index in [9.17, 15) is 9.59 Å². The fourth-order valence-electron chi connectivity index (χ4n) is 3.75. The third-order valence-electron chi connectivity index (χ3n) is 5.07. The highest BCUT2D eigenvalue weighted by Gasteiger charge is 2.38. The fourth-order valence-corrected chi connectivity index (χ4v) is 4.30. The highest BCUT2D eigenvalue weighted by atomic mass is 127. The predicted octanol–water partition coefficient (Wildman–Crippen LogP) is 3.90.